The molecule has 2 aromatic carbocycles. The van der Waals surface area contributed by atoms with Crippen molar-refractivity contribution in [2.45, 2.75) is 4.90 Å². The third kappa shape index (κ3) is 4.45. The van der Waals surface area contributed by atoms with E-state index in [1.807, 2.05) is 22.6 Å². The van der Waals surface area contributed by atoms with Gasteiger partial charge in [-0.2, -0.15) is 8.96 Å². The van der Waals surface area contributed by atoms with Crippen molar-refractivity contribution in [3.63, 3.8) is 0 Å². The van der Waals surface area contributed by atoms with Gasteiger partial charge in [0.25, 0.3) is 10.0 Å². The molecule has 0 fully saturated rings. The van der Waals surface area contributed by atoms with Gasteiger partial charge in [-0.25, -0.2) is 22.4 Å². The molecule has 3 aromatic rings. The Morgan fingerprint density at radius 1 is 1.10 bits per heavy atom. The number of amides is 1. The Hall–Kier alpha value is -2.80. The maximum absolute atomic E-state index is 14.6. The van der Waals surface area contributed by atoms with Gasteiger partial charge in [0.2, 0.25) is 0 Å². The van der Waals surface area contributed by atoms with Crippen LogP contribution in [0, 0.1) is 9.39 Å². The molecule has 29 heavy (non-hydrogen) atoms. The van der Waals surface area contributed by atoms with E-state index < -0.39 is 33.1 Å². The molecule has 1 heterocycles. The van der Waals surface area contributed by atoms with E-state index >= 15 is 0 Å². The van der Waals surface area contributed by atoms with Crippen molar-refractivity contribution in [2.75, 3.05) is 0 Å². The fraction of sp³-hybridized carbons (Fsp3) is 0.0556. The Bertz CT molecular complexity index is 1300. The molecule has 0 aliphatic carbocycles. The van der Waals surface area contributed by atoms with E-state index in [9.17, 15) is 22.4 Å². The first kappa shape index (κ1) is 20.9. The van der Waals surface area contributed by atoms with Gasteiger partial charge in [0.15, 0.2) is 11.3 Å². The summed E-state index contributed by atoms with van der Waals surface area (Å²) >= 11 is 2.00. The van der Waals surface area contributed by atoms with Gasteiger partial charge < -0.3 is 4.74 Å². The van der Waals surface area contributed by atoms with Crippen LogP contribution in [0.5, 0.6) is 5.75 Å². The first-order chi connectivity index (χ1) is 13.7. The van der Waals surface area contributed by atoms with Crippen LogP contribution in [0.25, 0.3) is 0 Å². The Kier molecular flexibility index (Phi) is 5.98. The number of rotatable bonds is 3. The van der Waals surface area contributed by atoms with Gasteiger partial charge in [0, 0.05) is 10.6 Å². The normalized spacial score (nSPS) is 12.0. The van der Waals surface area contributed by atoms with Gasteiger partial charge >= 0.3 is 11.8 Å². The van der Waals surface area contributed by atoms with Crippen molar-refractivity contribution in [3.8, 4) is 5.75 Å². The van der Waals surface area contributed by atoms with Crippen LogP contribution in [0.3, 0.4) is 0 Å². The van der Waals surface area contributed by atoms with Crippen molar-refractivity contribution in [2.24, 2.45) is 12.0 Å². The van der Waals surface area contributed by atoms with E-state index in [0.717, 1.165) is 10.6 Å². The molecule has 0 unspecified atom stereocenters. The molecule has 11 heteroatoms. The smallest absolute Gasteiger partial charge is 0.409 e. The molecule has 0 spiro atoms. The van der Waals surface area contributed by atoms with Crippen molar-refractivity contribution >= 4 is 38.7 Å². The summed E-state index contributed by atoms with van der Waals surface area (Å²) in [6, 6.07) is 13.6. The van der Waals surface area contributed by atoms with Gasteiger partial charge in [-0.05, 0) is 59.0 Å². The molecule has 150 valence electrons. The molecule has 0 N–H and O–H groups in total. The first-order valence-corrected chi connectivity index (χ1v) is 10.5. The zero-order chi connectivity index (χ0) is 21.2. The molecule has 0 radical (unpaired) electrons. The summed E-state index contributed by atoms with van der Waals surface area (Å²) in [5.74, 6) is -1.01. The van der Waals surface area contributed by atoms with Crippen LogP contribution in [-0.4, -0.2) is 23.1 Å². The summed E-state index contributed by atoms with van der Waals surface area (Å²) in [5, 5.41) is 0. The lowest BCUT2D eigenvalue weighted by Gasteiger charge is -2.10. The fourth-order valence-electron chi connectivity index (χ4n) is 2.33. The van der Waals surface area contributed by atoms with Crippen molar-refractivity contribution in [3.05, 3.63) is 86.2 Å². The summed E-state index contributed by atoms with van der Waals surface area (Å²) in [7, 11) is -3.25. The van der Waals surface area contributed by atoms with Gasteiger partial charge in [0.1, 0.15) is 5.75 Å². The third-order valence-electron chi connectivity index (χ3n) is 3.75. The summed E-state index contributed by atoms with van der Waals surface area (Å²) in [5.41, 5.74) is -1.76. The fourth-order valence-corrected chi connectivity index (χ4v) is 3.96. The molecule has 1 amide bonds. The number of hydrogen-bond acceptors (Lipinski definition) is 5. The summed E-state index contributed by atoms with van der Waals surface area (Å²) < 4.78 is 46.6. The number of carbonyl (C=O) groups is 1. The molecule has 0 saturated heterocycles. The minimum absolute atomic E-state index is 0.180. The largest absolute Gasteiger partial charge is 0.441 e. The lowest BCUT2D eigenvalue weighted by molar-refractivity contribution is 0.209. The summed E-state index contributed by atoms with van der Waals surface area (Å²) in [6.45, 7) is 0. The molecule has 0 atom stereocenters. The van der Waals surface area contributed by atoms with E-state index in [1.54, 1.807) is 18.2 Å². The summed E-state index contributed by atoms with van der Waals surface area (Å²) in [6.07, 6.45) is -0.687. The molecule has 0 bridgehead atoms. The van der Waals surface area contributed by atoms with Crippen LogP contribution in [0.1, 0.15) is 0 Å². The Morgan fingerprint density at radius 2 is 1.72 bits per heavy atom. The average Bonchev–Trinajstić information content (AvgIpc) is 2.69. The predicted octanol–water partition coefficient (Wildman–Crippen LogP) is 2.27. The molecule has 8 nitrogen and oxygen atoms in total. The van der Waals surface area contributed by atoms with Gasteiger partial charge in [0.05, 0.1) is 11.1 Å². The van der Waals surface area contributed by atoms with Crippen LogP contribution in [0.4, 0.5) is 9.18 Å². The summed E-state index contributed by atoms with van der Waals surface area (Å²) in [4.78, 5) is 27.7. The number of aromatic nitrogens is 2. The van der Waals surface area contributed by atoms with Gasteiger partial charge in [-0.1, -0.05) is 18.2 Å². The topological polar surface area (TPSA) is 99.7 Å². The number of ether oxygens (including phenoxy) is 1. The third-order valence-corrected chi connectivity index (χ3v) is 6.12. The van der Waals surface area contributed by atoms with Crippen LogP contribution in [0.15, 0.2) is 75.5 Å². The highest BCUT2D eigenvalue weighted by molar-refractivity contribution is 14.1. The second-order valence-electron chi connectivity index (χ2n) is 5.69. The van der Waals surface area contributed by atoms with Gasteiger partial charge in [-0.15, -0.1) is 0 Å². The lowest BCUT2D eigenvalue weighted by atomic mass is 10.3. The van der Waals surface area contributed by atoms with Crippen molar-refractivity contribution < 1.29 is 22.3 Å². The highest BCUT2D eigenvalue weighted by Crippen LogP contribution is 2.14. The molecule has 0 aliphatic heterocycles. The second kappa shape index (κ2) is 8.29. The number of para-hydroxylation sites is 1. The van der Waals surface area contributed by atoms with E-state index in [-0.39, 0.29) is 14.6 Å². The van der Waals surface area contributed by atoms with Crippen molar-refractivity contribution in [1.29, 1.82) is 0 Å². The first-order valence-electron chi connectivity index (χ1n) is 8.01. The quantitative estimate of drug-likeness (QED) is 0.485. The Balaban J connectivity index is 2.06. The molecule has 3 rings (SSSR count). The van der Waals surface area contributed by atoms with Crippen molar-refractivity contribution in [1.82, 2.24) is 8.54 Å². The lowest BCUT2D eigenvalue weighted by Crippen LogP contribution is -2.43. The maximum Gasteiger partial charge on any atom is 0.441 e. The number of hydrogen-bond donors (Lipinski definition) is 0. The van der Waals surface area contributed by atoms with Crippen LogP contribution < -0.4 is 15.9 Å². The number of nitrogens with zero attached hydrogens (tertiary/aromatic N) is 3. The van der Waals surface area contributed by atoms with Crippen LogP contribution in [-0.2, 0) is 17.1 Å². The van der Waals surface area contributed by atoms with E-state index in [4.69, 9.17) is 4.74 Å². The minimum atomic E-state index is -4.34. The minimum Gasteiger partial charge on any atom is -0.409 e. The maximum atomic E-state index is 14.6. The number of halogens is 2. The second-order valence-corrected chi connectivity index (χ2v) is 8.75. The van der Waals surface area contributed by atoms with E-state index in [1.165, 1.54) is 36.4 Å². The molecular weight excluding hydrogens is 516 g/mol. The zero-order valence-electron chi connectivity index (χ0n) is 14.8. The van der Waals surface area contributed by atoms with Crippen LogP contribution in [0.2, 0.25) is 0 Å². The highest BCUT2D eigenvalue weighted by Gasteiger charge is 2.21. The molecule has 0 saturated carbocycles. The molecule has 1 aromatic heterocycles. The molecular formula is C18H13FIN3O5S. The van der Waals surface area contributed by atoms with E-state index in [2.05, 4.69) is 4.99 Å². The average molecular weight is 529 g/mol. The number of benzene rings is 2. The standard InChI is InChI=1S/C18H13FIN3O5S/c1-22-16(21-17(24)28-13-5-3-2-4-6-13)15(19)11-23(18(22)25)29(26,27)14-9-7-12(20)8-10-14/h2-11H,1H3/b21-16+. The monoisotopic (exact) mass is 529 g/mol. The van der Waals surface area contributed by atoms with Crippen LogP contribution >= 0.6 is 22.6 Å². The SMILES string of the molecule is Cn1c(=O)n(S(=O)(=O)c2ccc(I)cc2)cc(F)/c1=N\C(=O)Oc1ccccc1. The zero-order valence-corrected chi connectivity index (χ0v) is 17.8. The van der Waals surface area contributed by atoms with E-state index in [0.29, 0.717) is 10.8 Å². The number of carbonyl (C=O) groups excluding carboxylic acids is 1. The predicted molar refractivity (Wildman–Crippen MR) is 109 cm³/mol. The molecule has 0 aliphatic rings. The Labute approximate surface area is 178 Å². The Morgan fingerprint density at radius 3 is 2.34 bits per heavy atom. The highest BCUT2D eigenvalue weighted by atomic mass is 127. The van der Waals surface area contributed by atoms with Gasteiger partial charge in [-0.3, -0.25) is 4.57 Å².